The standard InChI is InChI=1S/C24H24F3N5O2/c1-16-7-8-18(15-17(16)2)32-22(33)10-9-21(29-32)30-11-13-31(14-12-30)23(34)28-20-6-4-3-5-19(20)24(25,26)27/h3-10,15H,11-14H2,1-2H3,(H,28,34). The van der Waals surface area contributed by atoms with Crippen LogP contribution in [-0.2, 0) is 6.18 Å². The number of aromatic nitrogens is 2. The van der Waals surface area contributed by atoms with Gasteiger partial charge in [-0.05, 0) is 55.3 Å². The maximum absolute atomic E-state index is 13.2. The second-order valence-electron chi connectivity index (χ2n) is 8.16. The van der Waals surface area contributed by atoms with Gasteiger partial charge < -0.3 is 15.1 Å². The Bertz CT molecular complexity index is 1260. The maximum atomic E-state index is 13.2. The highest BCUT2D eigenvalue weighted by Gasteiger charge is 2.34. The number of halogens is 3. The van der Waals surface area contributed by atoms with Crippen LogP contribution in [0.3, 0.4) is 0 Å². The highest BCUT2D eigenvalue weighted by atomic mass is 19.4. The molecule has 0 radical (unpaired) electrons. The van der Waals surface area contributed by atoms with Crippen LogP contribution >= 0.6 is 0 Å². The zero-order chi connectivity index (χ0) is 24.5. The van der Waals surface area contributed by atoms with E-state index in [2.05, 4.69) is 10.4 Å². The molecule has 1 aromatic heterocycles. The smallest absolute Gasteiger partial charge is 0.352 e. The molecule has 0 unspecified atom stereocenters. The molecule has 0 spiro atoms. The van der Waals surface area contributed by atoms with Crippen molar-refractivity contribution in [1.82, 2.24) is 14.7 Å². The van der Waals surface area contributed by atoms with E-state index >= 15 is 0 Å². The van der Waals surface area contributed by atoms with Crippen molar-refractivity contribution in [3.05, 3.63) is 81.6 Å². The Morgan fingerprint density at radius 3 is 2.32 bits per heavy atom. The van der Waals surface area contributed by atoms with Crippen LogP contribution in [0.15, 0.2) is 59.4 Å². The zero-order valence-electron chi connectivity index (χ0n) is 18.8. The summed E-state index contributed by atoms with van der Waals surface area (Å²) in [5.41, 5.74) is 1.40. The predicted molar refractivity (Wildman–Crippen MR) is 124 cm³/mol. The third-order valence-electron chi connectivity index (χ3n) is 5.89. The minimum Gasteiger partial charge on any atom is -0.352 e. The van der Waals surface area contributed by atoms with Gasteiger partial charge in [0, 0.05) is 32.2 Å². The molecule has 2 heterocycles. The van der Waals surface area contributed by atoms with Crippen molar-refractivity contribution >= 4 is 17.5 Å². The number of nitrogens with zero attached hydrogens (tertiary/aromatic N) is 4. The third-order valence-corrected chi connectivity index (χ3v) is 5.89. The number of carbonyl (C=O) groups is 1. The number of hydrogen-bond donors (Lipinski definition) is 1. The Balaban J connectivity index is 1.45. The fraction of sp³-hybridized carbons (Fsp3) is 0.292. The summed E-state index contributed by atoms with van der Waals surface area (Å²) in [6.45, 7) is 5.39. The fourth-order valence-electron chi connectivity index (χ4n) is 3.78. The molecule has 2 amide bonds. The van der Waals surface area contributed by atoms with Gasteiger partial charge in [-0.2, -0.15) is 17.9 Å². The first kappa shape index (κ1) is 23.3. The second kappa shape index (κ2) is 9.20. The number of rotatable bonds is 3. The Hall–Kier alpha value is -3.82. The van der Waals surface area contributed by atoms with E-state index in [9.17, 15) is 22.8 Å². The number of aryl methyl sites for hydroxylation is 2. The Morgan fingerprint density at radius 2 is 1.65 bits per heavy atom. The predicted octanol–water partition coefficient (Wildman–Crippen LogP) is 4.22. The van der Waals surface area contributed by atoms with E-state index in [-0.39, 0.29) is 11.2 Å². The highest BCUT2D eigenvalue weighted by Crippen LogP contribution is 2.34. The van der Waals surface area contributed by atoms with Crippen molar-refractivity contribution in [1.29, 1.82) is 0 Å². The molecule has 0 aliphatic carbocycles. The van der Waals surface area contributed by atoms with Crippen LogP contribution in [0.2, 0.25) is 0 Å². The van der Waals surface area contributed by atoms with Gasteiger partial charge in [0.1, 0.15) is 5.82 Å². The molecule has 3 aromatic rings. The molecule has 7 nitrogen and oxygen atoms in total. The number of anilines is 2. The molecule has 178 valence electrons. The van der Waals surface area contributed by atoms with Crippen LogP contribution in [0.25, 0.3) is 5.69 Å². The number of benzene rings is 2. The number of hydrogen-bond acceptors (Lipinski definition) is 4. The van der Waals surface area contributed by atoms with Gasteiger partial charge in [0.25, 0.3) is 5.56 Å². The Labute approximate surface area is 194 Å². The molecule has 1 aliphatic rings. The summed E-state index contributed by atoms with van der Waals surface area (Å²) in [4.78, 5) is 28.4. The zero-order valence-corrected chi connectivity index (χ0v) is 18.8. The van der Waals surface area contributed by atoms with Gasteiger partial charge in [0.15, 0.2) is 0 Å². The maximum Gasteiger partial charge on any atom is 0.418 e. The number of piperazine rings is 1. The van der Waals surface area contributed by atoms with Crippen LogP contribution in [0.1, 0.15) is 16.7 Å². The molecule has 0 atom stereocenters. The van der Waals surface area contributed by atoms with Gasteiger partial charge in [-0.25, -0.2) is 4.79 Å². The quantitative estimate of drug-likeness (QED) is 0.621. The number of para-hydroxylation sites is 1. The topological polar surface area (TPSA) is 70.5 Å². The number of alkyl halides is 3. The molecule has 0 saturated carbocycles. The van der Waals surface area contributed by atoms with E-state index in [1.54, 1.807) is 6.07 Å². The molecule has 1 N–H and O–H groups in total. The molecule has 10 heteroatoms. The summed E-state index contributed by atoms with van der Waals surface area (Å²) in [5.74, 6) is 0.584. The van der Waals surface area contributed by atoms with Gasteiger partial charge in [-0.15, -0.1) is 5.10 Å². The summed E-state index contributed by atoms with van der Waals surface area (Å²) in [6, 6.07) is 13.0. The average molecular weight is 471 g/mol. The molecule has 0 bridgehead atoms. The first-order chi connectivity index (χ1) is 16.1. The molecule has 1 aliphatic heterocycles. The van der Waals surface area contributed by atoms with Gasteiger partial charge in [-0.3, -0.25) is 4.79 Å². The summed E-state index contributed by atoms with van der Waals surface area (Å²) >= 11 is 0. The minimum atomic E-state index is -4.56. The number of nitrogens with one attached hydrogen (secondary N) is 1. The molecule has 2 aromatic carbocycles. The normalized spacial score (nSPS) is 14.3. The van der Waals surface area contributed by atoms with Crippen molar-refractivity contribution in [2.24, 2.45) is 0 Å². The van der Waals surface area contributed by atoms with Crippen molar-refractivity contribution in [3.63, 3.8) is 0 Å². The lowest BCUT2D eigenvalue weighted by atomic mass is 10.1. The van der Waals surface area contributed by atoms with E-state index in [1.807, 2.05) is 36.9 Å². The largest absolute Gasteiger partial charge is 0.418 e. The molecular weight excluding hydrogens is 447 g/mol. The first-order valence-corrected chi connectivity index (χ1v) is 10.8. The first-order valence-electron chi connectivity index (χ1n) is 10.8. The van der Waals surface area contributed by atoms with Crippen LogP contribution in [0.4, 0.5) is 29.5 Å². The molecular formula is C24H24F3N5O2. The van der Waals surface area contributed by atoms with E-state index in [1.165, 1.54) is 33.8 Å². The van der Waals surface area contributed by atoms with Crippen molar-refractivity contribution < 1.29 is 18.0 Å². The number of carbonyl (C=O) groups excluding carboxylic acids is 1. The van der Waals surface area contributed by atoms with Crippen LogP contribution in [-0.4, -0.2) is 46.9 Å². The van der Waals surface area contributed by atoms with Crippen molar-refractivity contribution in [2.45, 2.75) is 20.0 Å². The SMILES string of the molecule is Cc1ccc(-n2nc(N3CCN(C(=O)Nc4ccccc4C(F)(F)F)CC3)ccc2=O)cc1C. The van der Waals surface area contributed by atoms with Gasteiger partial charge in [-0.1, -0.05) is 18.2 Å². The summed E-state index contributed by atoms with van der Waals surface area (Å²) in [7, 11) is 0. The molecule has 34 heavy (non-hydrogen) atoms. The fourth-order valence-corrected chi connectivity index (χ4v) is 3.78. The second-order valence-corrected chi connectivity index (χ2v) is 8.16. The van der Waals surface area contributed by atoms with Gasteiger partial charge >= 0.3 is 12.2 Å². The van der Waals surface area contributed by atoms with Crippen molar-refractivity contribution in [2.75, 3.05) is 36.4 Å². The average Bonchev–Trinajstić information content (AvgIpc) is 2.81. The molecule has 1 fully saturated rings. The Morgan fingerprint density at radius 1 is 0.941 bits per heavy atom. The lowest BCUT2D eigenvalue weighted by Crippen LogP contribution is -2.50. The van der Waals surface area contributed by atoms with Crippen LogP contribution in [0, 0.1) is 13.8 Å². The van der Waals surface area contributed by atoms with E-state index < -0.39 is 17.8 Å². The summed E-state index contributed by atoms with van der Waals surface area (Å²) < 4.78 is 41.0. The minimum absolute atomic E-state index is 0.256. The summed E-state index contributed by atoms with van der Waals surface area (Å²) in [6.07, 6.45) is -4.56. The van der Waals surface area contributed by atoms with Gasteiger partial charge in [0.05, 0.1) is 16.9 Å². The monoisotopic (exact) mass is 471 g/mol. The lowest BCUT2D eigenvalue weighted by molar-refractivity contribution is -0.136. The van der Waals surface area contributed by atoms with E-state index in [0.717, 1.165) is 17.2 Å². The van der Waals surface area contributed by atoms with E-state index in [0.29, 0.717) is 37.7 Å². The van der Waals surface area contributed by atoms with Crippen LogP contribution < -0.4 is 15.8 Å². The summed E-state index contributed by atoms with van der Waals surface area (Å²) in [5, 5.41) is 6.88. The molecule has 1 saturated heterocycles. The van der Waals surface area contributed by atoms with Crippen LogP contribution in [0.5, 0.6) is 0 Å². The lowest BCUT2D eigenvalue weighted by Gasteiger charge is -2.35. The number of amides is 2. The highest BCUT2D eigenvalue weighted by molar-refractivity contribution is 5.90. The van der Waals surface area contributed by atoms with Crippen molar-refractivity contribution in [3.8, 4) is 5.69 Å². The third kappa shape index (κ3) is 4.90. The van der Waals surface area contributed by atoms with E-state index in [4.69, 9.17) is 0 Å². The van der Waals surface area contributed by atoms with Gasteiger partial charge in [0.2, 0.25) is 0 Å². The molecule has 4 rings (SSSR count). The Kier molecular flexibility index (Phi) is 6.32. The number of urea groups is 1.